The Morgan fingerprint density at radius 2 is 2.00 bits per heavy atom. The lowest BCUT2D eigenvalue weighted by molar-refractivity contribution is 0.324. The quantitative estimate of drug-likeness (QED) is 0.764. The van der Waals surface area contributed by atoms with Crippen molar-refractivity contribution in [2.75, 3.05) is 18.1 Å². The Morgan fingerprint density at radius 1 is 1.21 bits per heavy atom. The molecule has 28 heavy (non-hydrogen) atoms. The number of thiazole rings is 1. The van der Waals surface area contributed by atoms with E-state index in [0.717, 1.165) is 67.9 Å². The molecule has 0 radical (unpaired) electrons. The smallest absolute Gasteiger partial charge is 0.208 e. The van der Waals surface area contributed by atoms with Gasteiger partial charge < -0.3 is 5.32 Å². The van der Waals surface area contributed by atoms with Crippen LogP contribution in [0.1, 0.15) is 42.5 Å². The number of nitrogens with one attached hydrogen (secondary N) is 2. The van der Waals surface area contributed by atoms with Crippen molar-refractivity contribution in [3.63, 3.8) is 0 Å². The zero-order chi connectivity index (χ0) is 19.7. The Morgan fingerprint density at radius 3 is 2.75 bits per heavy atom. The molecule has 0 spiro atoms. The Hall–Kier alpha value is -1.51. The largest absolute Gasteiger partial charge is 0.361 e. The maximum atomic E-state index is 13.8. The van der Waals surface area contributed by atoms with E-state index in [4.69, 9.17) is 4.98 Å². The number of rotatable bonds is 5. The zero-order valence-electron chi connectivity index (χ0n) is 16.0. The first-order chi connectivity index (χ1) is 13.4. The van der Waals surface area contributed by atoms with Gasteiger partial charge in [0.1, 0.15) is 5.82 Å². The van der Waals surface area contributed by atoms with E-state index in [1.165, 1.54) is 22.8 Å². The lowest BCUT2D eigenvalue weighted by atomic mass is 9.86. The standard InChI is InChI=1S/C20H26FN3O2S2/c1-28(25,26)24-16-9-5-13(6-10-16)12-22-20-23-19-17-11-15(21)8-7-14(17)3-2-4-18(19)27-20/h7-8,11,13,16,24H,2-6,9-10,12H2,1H3,(H,22,23). The maximum absolute atomic E-state index is 13.8. The van der Waals surface area contributed by atoms with Crippen molar-refractivity contribution in [2.24, 2.45) is 5.92 Å². The van der Waals surface area contributed by atoms with Gasteiger partial charge in [-0.2, -0.15) is 0 Å². The summed E-state index contributed by atoms with van der Waals surface area (Å²) in [7, 11) is -3.13. The van der Waals surface area contributed by atoms with E-state index in [1.807, 2.05) is 6.07 Å². The van der Waals surface area contributed by atoms with Gasteiger partial charge in [0.2, 0.25) is 10.0 Å². The molecule has 0 saturated heterocycles. The number of aryl methyl sites for hydroxylation is 2. The molecule has 2 aliphatic carbocycles. The molecule has 0 amide bonds. The molecule has 1 aromatic heterocycles. The molecule has 1 heterocycles. The van der Waals surface area contributed by atoms with Crippen molar-refractivity contribution >= 4 is 26.5 Å². The number of fused-ring (bicyclic) bond motifs is 3. The molecule has 2 N–H and O–H groups in total. The molecule has 1 fully saturated rings. The topological polar surface area (TPSA) is 71.1 Å². The molecule has 0 unspecified atom stereocenters. The molecule has 1 saturated carbocycles. The van der Waals surface area contributed by atoms with Crippen LogP contribution in [0.4, 0.5) is 9.52 Å². The van der Waals surface area contributed by atoms with E-state index in [9.17, 15) is 12.8 Å². The van der Waals surface area contributed by atoms with Crippen molar-refractivity contribution < 1.29 is 12.8 Å². The molecule has 4 rings (SSSR count). The molecule has 2 aromatic rings. The van der Waals surface area contributed by atoms with Crippen molar-refractivity contribution in [3.8, 4) is 11.3 Å². The Bertz CT molecular complexity index is 950. The summed E-state index contributed by atoms with van der Waals surface area (Å²) < 4.78 is 39.2. The van der Waals surface area contributed by atoms with Gasteiger partial charge >= 0.3 is 0 Å². The minimum Gasteiger partial charge on any atom is -0.361 e. The number of benzene rings is 1. The molecule has 8 heteroatoms. The summed E-state index contributed by atoms with van der Waals surface area (Å²) in [6.07, 6.45) is 7.97. The van der Waals surface area contributed by atoms with Crippen LogP contribution >= 0.6 is 11.3 Å². The third-order valence-electron chi connectivity index (χ3n) is 5.64. The summed E-state index contributed by atoms with van der Waals surface area (Å²) in [5.41, 5.74) is 3.04. The first-order valence-corrected chi connectivity index (χ1v) is 12.6. The van der Waals surface area contributed by atoms with Crippen molar-refractivity contribution in [3.05, 3.63) is 34.5 Å². The molecule has 5 nitrogen and oxygen atoms in total. The van der Waals surface area contributed by atoms with Gasteiger partial charge in [-0.1, -0.05) is 6.07 Å². The molecule has 0 atom stereocenters. The van der Waals surface area contributed by atoms with Crippen molar-refractivity contribution in [1.82, 2.24) is 9.71 Å². The predicted octanol–water partition coefficient (Wildman–Crippen LogP) is 3.96. The van der Waals surface area contributed by atoms with Gasteiger partial charge in [-0.3, -0.25) is 0 Å². The van der Waals surface area contributed by atoms with Crippen LogP contribution in [0.5, 0.6) is 0 Å². The van der Waals surface area contributed by atoms with Crippen LogP contribution in [0.2, 0.25) is 0 Å². The second kappa shape index (κ2) is 8.08. The molecule has 2 aliphatic rings. The minimum absolute atomic E-state index is 0.0635. The minimum atomic E-state index is -3.13. The molecule has 0 bridgehead atoms. The second-order valence-corrected chi connectivity index (χ2v) is 10.8. The highest BCUT2D eigenvalue weighted by Crippen LogP contribution is 2.37. The molecular formula is C20H26FN3O2S2. The van der Waals surface area contributed by atoms with E-state index in [-0.39, 0.29) is 11.9 Å². The summed E-state index contributed by atoms with van der Waals surface area (Å²) in [5, 5.41) is 4.38. The average Bonchev–Trinajstić information content (AvgIpc) is 2.96. The van der Waals surface area contributed by atoms with Crippen molar-refractivity contribution in [2.45, 2.75) is 51.0 Å². The first kappa shape index (κ1) is 19.8. The normalized spacial score (nSPS) is 22.2. The van der Waals surface area contributed by atoms with Gasteiger partial charge in [0, 0.05) is 23.0 Å². The van der Waals surface area contributed by atoms with E-state index in [1.54, 1.807) is 17.4 Å². The zero-order valence-corrected chi connectivity index (χ0v) is 17.6. The maximum Gasteiger partial charge on any atom is 0.208 e. The number of sulfonamides is 1. The van der Waals surface area contributed by atoms with Gasteiger partial charge in [-0.05, 0) is 68.6 Å². The highest BCUT2D eigenvalue weighted by molar-refractivity contribution is 7.88. The summed E-state index contributed by atoms with van der Waals surface area (Å²) in [6.45, 7) is 0.841. The summed E-state index contributed by atoms with van der Waals surface area (Å²) >= 11 is 1.68. The van der Waals surface area contributed by atoms with E-state index in [0.29, 0.717) is 5.92 Å². The van der Waals surface area contributed by atoms with E-state index in [2.05, 4.69) is 10.0 Å². The van der Waals surface area contributed by atoms with Crippen LogP contribution in [0.15, 0.2) is 18.2 Å². The van der Waals surface area contributed by atoms with Gasteiger partial charge in [-0.15, -0.1) is 11.3 Å². The Kier molecular flexibility index (Phi) is 5.71. The van der Waals surface area contributed by atoms with Crippen LogP contribution in [0.3, 0.4) is 0 Å². The SMILES string of the molecule is CS(=O)(=O)NC1CCC(CNc2nc3c(s2)CCCc2ccc(F)cc2-3)CC1. The van der Waals surface area contributed by atoms with Crippen LogP contribution in [0, 0.1) is 11.7 Å². The van der Waals surface area contributed by atoms with Gasteiger partial charge in [-0.25, -0.2) is 22.5 Å². The first-order valence-electron chi connectivity index (χ1n) is 9.87. The van der Waals surface area contributed by atoms with Gasteiger partial charge in [0.15, 0.2) is 5.13 Å². The summed E-state index contributed by atoms with van der Waals surface area (Å²) in [4.78, 5) is 6.02. The lowest BCUT2D eigenvalue weighted by Gasteiger charge is -2.28. The monoisotopic (exact) mass is 423 g/mol. The fraction of sp³-hybridized carbons (Fsp3) is 0.550. The van der Waals surface area contributed by atoms with Gasteiger partial charge in [0.05, 0.1) is 11.9 Å². The Balaban J connectivity index is 1.39. The van der Waals surface area contributed by atoms with E-state index >= 15 is 0 Å². The number of aromatic nitrogens is 1. The fourth-order valence-corrected chi connectivity index (χ4v) is 6.12. The van der Waals surface area contributed by atoms with Gasteiger partial charge in [0.25, 0.3) is 0 Å². The predicted molar refractivity (Wildman–Crippen MR) is 112 cm³/mol. The van der Waals surface area contributed by atoms with Crippen molar-refractivity contribution in [1.29, 1.82) is 0 Å². The summed E-state index contributed by atoms with van der Waals surface area (Å²) in [5.74, 6) is 0.305. The number of anilines is 1. The fourth-order valence-electron chi connectivity index (χ4n) is 4.25. The summed E-state index contributed by atoms with van der Waals surface area (Å²) in [6, 6.07) is 5.09. The highest BCUT2D eigenvalue weighted by Gasteiger charge is 2.24. The van der Waals surface area contributed by atoms with Crippen LogP contribution < -0.4 is 10.0 Å². The number of halogens is 1. The second-order valence-electron chi connectivity index (χ2n) is 7.93. The molecule has 1 aromatic carbocycles. The molecular weight excluding hydrogens is 397 g/mol. The van der Waals surface area contributed by atoms with Crippen LogP contribution in [-0.2, 0) is 22.9 Å². The third-order valence-corrected chi connectivity index (χ3v) is 7.48. The number of hydrogen-bond acceptors (Lipinski definition) is 5. The Labute approximate surface area is 169 Å². The average molecular weight is 424 g/mol. The number of nitrogens with zero attached hydrogens (tertiary/aromatic N) is 1. The molecule has 152 valence electrons. The highest BCUT2D eigenvalue weighted by atomic mass is 32.2. The third kappa shape index (κ3) is 4.72. The lowest BCUT2D eigenvalue weighted by Crippen LogP contribution is -2.37. The van der Waals surface area contributed by atoms with Crippen LogP contribution in [0.25, 0.3) is 11.3 Å². The van der Waals surface area contributed by atoms with Crippen LogP contribution in [-0.4, -0.2) is 32.2 Å². The molecule has 0 aliphatic heterocycles. The number of hydrogen-bond donors (Lipinski definition) is 2. The van der Waals surface area contributed by atoms with E-state index < -0.39 is 10.0 Å².